The minimum atomic E-state index is -0.859. The van der Waals surface area contributed by atoms with Gasteiger partial charge in [-0.1, -0.05) is 23.7 Å². The summed E-state index contributed by atoms with van der Waals surface area (Å²) in [5.41, 5.74) is 1.51. The Morgan fingerprint density at radius 1 is 0.957 bits per heavy atom. The molecule has 0 spiro atoms. The molecule has 0 atom stereocenters. The van der Waals surface area contributed by atoms with Crippen LogP contribution in [0.1, 0.15) is 25.0 Å². The molecule has 2 aromatic rings. The van der Waals surface area contributed by atoms with E-state index in [9.17, 15) is 4.79 Å². The third-order valence-corrected chi connectivity index (χ3v) is 4.84. The van der Waals surface area contributed by atoms with Gasteiger partial charge in [-0.05, 0) is 62.1 Å². The number of carbonyl (C=O) groups excluding carboxylic acids is 1. The van der Waals surface area contributed by atoms with E-state index < -0.39 is 5.60 Å². The molecule has 1 heterocycles. The van der Waals surface area contributed by atoms with Gasteiger partial charge in [0.1, 0.15) is 5.76 Å². The van der Waals surface area contributed by atoms with Crippen molar-refractivity contribution in [2.75, 3.05) is 6.26 Å². The Morgan fingerprint density at radius 3 is 2.09 bits per heavy atom. The summed E-state index contributed by atoms with van der Waals surface area (Å²) >= 11 is 7.64. The van der Waals surface area contributed by atoms with Crippen molar-refractivity contribution in [3.63, 3.8) is 0 Å². The average Bonchev–Trinajstić information content (AvgIpc) is 2.78. The normalized spacial score (nSPS) is 16.6. The zero-order valence-corrected chi connectivity index (χ0v) is 14.8. The molecule has 2 aromatic carbocycles. The topological polar surface area (TPSA) is 26.3 Å². The number of halogens is 1. The lowest BCUT2D eigenvalue weighted by Gasteiger charge is -2.17. The molecule has 0 amide bonds. The fourth-order valence-corrected chi connectivity index (χ4v) is 3.12. The number of benzene rings is 2. The Labute approximate surface area is 145 Å². The van der Waals surface area contributed by atoms with Gasteiger partial charge in [0.15, 0.2) is 5.60 Å². The number of ether oxygens (including phenoxy) is 1. The molecule has 1 aliphatic heterocycles. The number of hydrogen-bond acceptors (Lipinski definition) is 3. The summed E-state index contributed by atoms with van der Waals surface area (Å²) in [6, 6.07) is 15.3. The highest BCUT2D eigenvalue weighted by Gasteiger charge is 2.42. The van der Waals surface area contributed by atoms with E-state index in [4.69, 9.17) is 16.3 Å². The maximum Gasteiger partial charge on any atom is 0.210 e. The van der Waals surface area contributed by atoms with Crippen LogP contribution in [0.25, 0.3) is 11.3 Å². The van der Waals surface area contributed by atoms with E-state index in [0.717, 1.165) is 16.0 Å². The summed E-state index contributed by atoms with van der Waals surface area (Å²) in [4.78, 5) is 14.0. The van der Waals surface area contributed by atoms with Gasteiger partial charge in [0.05, 0.1) is 5.57 Å². The van der Waals surface area contributed by atoms with E-state index in [1.807, 2.05) is 42.7 Å². The van der Waals surface area contributed by atoms with Crippen molar-refractivity contribution < 1.29 is 9.53 Å². The van der Waals surface area contributed by atoms with Crippen molar-refractivity contribution in [2.45, 2.75) is 24.3 Å². The number of rotatable bonds is 3. The molecular weight excluding hydrogens is 328 g/mol. The van der Waals surface area contributed by atoms with Crippen LogP contribution < -0.4 is 0 Å². The van der Waals surface area contributed by atoms with Gasteiger partial charge >= 0.3 is 0 Å². The molecule has 1 aliphatic rings. The molecule has 0 N–H and O–H groups in total. The first-order valence-corrected chi connectivity index (χ1v) is 8.91. The van der Waals surface area contributed by atoms with Gasteiger partial charge in [-0.25, -0.2) is 0 Å². The SMILES string of the molecule is CSc1ccc(C2=C(c3ccc(Cl)cc3)OC(C)(C)C2=O)cc1. The monoisotopic (exact) mass is 344 g/mol. The zero-order valence-electron chi connectivity index (χ0n) is 13.2. The van der Waals surface area contributed by atoms with Crippen LogP contribution in [0.2, 0.25) is 5.02 Å². The first kappa shape index (κ1) is 16.2. The van der Waals surface area contributed by atoms with Crippen LogP contribution in [0.3, 0.4) is 0 Å². The highest BCUT2D eigenvalue weighted by Crippen LogP contribution is 2.41. The average molecular weight is 345 g/mol. The minimum Gasteiger partial charge on any atom is -0.478 e. The molecule has 0 bridgehead atoms. The van der Waals surface area contributed by atoms with E-state index in [0.29, 0.717) is 16.4 Å². The maximum atomic E-state index is 12.8. The van der Waals surface area contributed by atoms with Crippen molar-refractivity contribution in [1.82, 2.24) is 0 Å². The predicted octanol–water partition coefficient (Wildman–Crippen LogP) is 5.31. The summed E-state index contributed by atoms with van der Waals surface area (Å²) in [6.07, 6.45) is 2.03. The summed E-state index contributed by atoms with van der Waals surface area (Å²) in [7, 11) is 0. The Morgan fingerprint density at radius 2 is 1.52 bits per heavy atom. The van der Waals surface area contributed by atoms with Gasteiger partial charge in [-0.3, -0.25) is 4.79 Å². The molecule has 0 radical (unpaired) electrons. The number of carbonyl (C=O) groups is 1. The predicted molar refractivity (Wildman–Crippen MR) is 96.7 cm³/mol. The molecule has 0 fully saturated rings. The smallest absolute Gasteiger partial charge is 0.210 e. The largest absolute Gasteiger partial charge is 0.478 e. The molecule has 4 heteroatoms. The molecule has 0 aromatic heterocycles. The van der Waals surface area contributed by atoms with Crippen molar-refractivity contribution in [3.05, 3.63) is 64.7 Å². The van der Waals surface area contributed by atoms with Crippen LogP contribution in [0, 0.1) is 0 Å². The summed E-state index contributed by atoms with van der Waals surface area (Å²) in [6.45, 7) is 3.60. The van der Waals surface area contributed by atoms with Crippen molar-refractivity contribution in [3.8, 4) is 0 Å². The van der Waals surface area contributed by atoms with Crippen LogP contribution >= 0.6 is 23.4 Å². The summed E-state index contributed by atoms with van der Waals surface area (Å²) < 4.78 is 5.99. The van der Waals surface area contributed by atoms with E-state index in [-0.39, 0.29) is 5.78 Å². The van der Waals surface area contributed by atoms with Gasteiger partial charge in [0.2, 0.25) is 5.78 Å². The summed E-state index contributed by atoms with van der Waals surface area (Å²) in [5, 5.41) is 0.656. The lowest BCUT2D eigenvalue weighted by Crippen LogP contribution is -2.29. The molecular formula is C19H17ClO2S. The molecule has 3 rings (SSSR count). The van der Waals surface area contributed by atoms with Gasteiger partial charge in [0.25, 0.3) is 0 Å². The Hall–Kier alpha value is -1.71. The van der Waals surface area contributed by atoms with Crippen LogP contribution in [0.5, 0.6) is 0 Å². The number of ketones is 1. The van der Waals surface area contributed by atoms with Crippen molar-refractivity contribution in [1.29, 1.82) is 0 Å². The van der Waals surface area contributed by atoms with Crippen molar-refractivity contribution >= 4 is 40.5 Å². The highest BCUT2D eigenvalue weighted by molar-refractivity contribution is 7.98. The minimum absolute atomic E-state index is 0.000600. The first-order chi connectivity index (χ1) is 10.9. The van der Waals surface area contributed by atoms with E-state index >= 15 is 0 Å². The molecule has 118 valence electrons. The molecule has 0 aliphatic carbocycles. The van der Waals surface area contributed by atoms with Crippen LogP contribution in [-0.2, 0) is 9.53 Å². The fraction of sp³-hybridized carbons (Fsp3) is 0.211. The zero-order chi connectivity index (χ0) is 16.6. The third-order valence-electron chi connectivity index (χ3n) is 3.84. The van der Waals surface area contributed by atoms with Gasteiger partial charge in [0, 0.05) is 15.5 Å². The quantitative estimate of drug-likeness (QED) is 0.706. The van der Waals surface area contributed by atoms with Gasteiger partial charge < -0.3 is 4.74 Å². The van der Waals surface area contributed by atoms with Gasteiger partial charge in [-0.15, -0.1) is 11.8 Å². The second-order valence-electron chi connectivity index (χ2n) is 5.88. The van der Waals surface area contributed by atoms with Crippen molar-refractivity contribution in [2.24, 2.45) is 0 Å². The van der Waals surface area contributed by atoms with Gasteiger partial charge in [-0.2, -0.15) is 0 Å². The maximum absolute atomic E-state index is 12.8. The Kier molecular flexibility index (Phi) is 4.26. The summed E-state index contributed by atoms with van der Waals surface area (Å²) in [5.74, 6) is 0.618. The van der Waals surface area contributed by atoms with E-state index in [2.05, 4.69) is 0 Å². The Balaban J connectivity index is 2.14. The Bertz CT molecular complexity index is 774. The third kappa shape index (κ3) is 3.04. The van der Waals surface area contributed by atoms with Crippen LogP contribution in [0.15, 0.2) is 53.4 Å². The first-order valence-electron chi connectivity index (χ1n) is 7.31. The molecule has 0 unspecified atom stereocenters. The lowest BCUT2D eigenvalue weighted by atomic mass is 9.93. The van der Waals surface area contributed by atoms with E-state index in [1.54, 1.807) is 37.7 Å². The second kappa shape index (κ2) is 6.06. The molecule has 2 nitrogen and oxygen atoms in total. The molecule has 0 saturated heterocycles. The second-order valence-corrected chi connectivity index (χ2v) is 7.20. The van der Waals surface area contributed by atoms with Crippen LogP contribution in [0.4, 0.5) is 0 Å². The lowest BCUT2D eigenvalue weighted by molar-refractivity contribution is -0.125. The van der Waals surface area contributed by atoms with Crippen LogP contribution in [-0.4, -0.2) is 17.6 Å². The van der Waals surface area contributed by atoms with E-state index in [1.165, 1.54) is 0 Å². The number of thioether (sulfide) groups is 1. The number of hydrogen-bond donors (Lipinski definition) is 0. The molecule has 23 heavy (non-hydrogen) atoms. The standard InChI is InChI=1S/C19H17ClO2S/c1-19(2)18(21)16(12-6-10-15(23-3)11-7-12)17(22-19)13-4-8-14(20)9-5-13/h4-11H,1-3H3. The fourth-order valence-electron chi connectivity index (χ4n) is 2.58. The highest BCUT2D eigenvalue weighted by atomic mass is 35.5. The molecule has 0 saturated carbocycles. The number of Topliss-reactive ketones (excluding diaryl/α,β-unsaturated/α-hetero) is 1.